The van der Waals surface area contributed by atoms with E-state index in [1.165, 1.54) is 32.2 Å². The van der Waals surface area contributed by atoms with Crippen molar-refractivity contribution in [1.82, 2.24) is 10.6 Å². The molecule has 0 aliphatic heterocycles. The topological polar surface area (TPSA) is 84.5 Å². The molecule has 0 aliphatic rings. The zero-order valence-corrected chi connectivity index (χ0v) is 18.2. The van der Waals surface area contributed by atoms with Crippen LogP contribution < -0.4 is 10.6 Å². The lowest BCUT2D eigenvalue weighted by atomic mass is 10.0. The molecule has 2 aromatic carbocycles. The van der Waals surface area contributed by atoms with Gasteiger partial charge < -0.3 is 15.4 Å². The Labute approximate surface area is 182 Å². The van der Waals surface area contributed by atoms with Crippen LogP contribution in [0.25, 0.3) is 0 Å². The highest BCUT2D eigenvalue weighted by Crippen LogP contribution is 2.14. The van der Waals surface area contributed by atoms with Crippen LogP contribution in [0.4, 0.5) is 4.39 Å². The van der Waals surface area contributed by atoms with Crippen molar-refractivity contribution >= 4 is 40.4 Å². The highest BCUT2D eigenvalue weighted by molar-refractivity contribution is 14.1. The van der Waals surface area contributed by atoms with Crippen LogP contribution in [-0.2, 0) is 32.0 Å². The Morgan fingerprint density at radius 3 is 2.38 bits per heavy atom. The highest BCUT2D eigenvalue weighted by Gasteiger charge is 2.27. The summed E-state index contributed by atoms with van der Waals surface area (Å²) in [7, 11) is 1.25. The molecule has 0 saturated heterocycles. The fourth-order valence-corrected chi connectivity index (χ4v) is 3.45. The molecule has 0 radical (unpaired) electrons. The first-order valence-electron chi connectivity index (χ1n) is 8.93. The number of rotatable bonds is 8. The maximum absolute atomic E-state index is 13.5. The minimum Gasteiger partial charge on any atom is -0.467 e. The molecule has 29 heavy (non-hydrogen) atoms. The van der Waals surface area contributed by atoms with E-state index in [1.807, 2.05) is 24.3 Å². The molecule has 2 atom stereocenters. The number of halogens is 2. The lowest BCUT2D eigenvalue weighted by molar-refractivity contribution is -0.145. The predicted octanol–water partition coefficient (Wildman–Crippen LogP) is 2.38. The van der Waals surface area contributed by atoms with Gasteiger partial charge in [-0.05, 0) is 51.9 Å². The summed E-state index contributed by atoms with van der Waals surface area (Å²) < 4.78 is 19.3. The van der Waals surface area contributed by atoms with E-state index in [2.05, 4.69) is 33.2 Å². The number of benzene rings is 2. The van der Waals surface area contributed by atoms with E-state index in [9.17, 15) is 18.8 Å². The average Bonchev–Trinajstić information content (AvgIpc) is 2.67. The van der Waals surface area contributed by atoms with Crippen molar-refractivity contribution in [3.05, 3.63) is 69.0 Å². The molecule has 0 aromatic heterocycles. The first kappa shape index (κ1) is 22.8. The van der Waals surface area contributed by atoms with Gasteiger partial charge >= 0.3 is 5.97 Å². The molecular weight excluding hydrogens is 490 g/mol. The largest absolute Gasteiger partial charge is 0.467 e. The Bertz CT molecular complexity index is 890. The first-order chi connectivity index (χ1) is 13.8. The molecule has 0 fully saturated rings. The maximum Gasteiger partial charge on any atom is 0.328 e. The second kappa shape index (κ2) is 10.9. The van der Waals surface area contributed by atoms with Crippen LogP contribution >= 0.6 is 22.6 Å². The number of ether oxygens (including phenoxy) is 1. The van der Waals surface area contributed by atoms with E-state index in [-0.39, 0.29) is 12.8 Å². The Morgan fingerprint density at radius 2 is 1.76 bits per heavy atom. The number of nitrogens with one attached hydrogen (secondary N) is 2. The Hall–Kier alpha value is -2.49. The van der Waals surface area contributed by atoms with E-state index in [4.69, 9.17) is 4.74 Å². The van der Waals surface area contributed by atoms with Gasteiger partial charge in [-0.3, -0.25) is 9.59 Å². The summed E-state index contributed by atoms with van der Waals surface area (Å²) in [4.78, 5) is 36.6. The standard InChI is InChI=1S/C21H22FIN2O4/c1-13(26)24-18(11-14-6-5-8-16(22)10-14)20(27)25-19(21(28)29-2)12-15-7-3-4-9-17(15)23/h3-10,18-19H,11-12H2,1-2H3,(H,24,26)(H,25,27)/t18-,19-/m1/s1. The van der Waals surface area contributed by atoms with Gasteiger partial charge in [-0.25, -0.2) is 9.18 Å². The van der Waals surface area contributed by atoms with Crippen molar-refractivity contribution in [3.8, 4) is 0 Å². The van der Waals surface area contributed by atoms with Crippen molar-refractivity contribution in [1.29, 1.82) is 0 Å². The molecular formula is C21H22FIN2O4. The molecule has 0 aliphatic carbocycles. The summed E-state index contributed by atoms with van der Waals surface area (Å²) >= 11 is 2.15. The van der Waals surface area contributed by atoms with E-state index in [0.717, 1.165) is 9.13 Å². The van der Waals surface area contributed by atoms with Crippen LogP contribution in [0.15, 0.2) is 48.5 Å². The van der Waals surface area contributed by atoms with E-state index >= 15 is 0 Å². The summed E-state index contributed by atoms with van der Waals surface area (Å²) in [6.07, 6.45) is 0.324. The van der Waals surface area contributed by atoms with Crippen molar-refractivity contribution in [2.45, 2.75) is 31.8 Å². The molecule has 8 heteroatoms. The van der Waals surface area contributed by atoms with Gasteiger partial charge in [0.25, 0.3) is 0 Å². The maximum atomic E-state index is 13.5. The number of carbonyl (C=O) groups is 3. The first-order valence-corrected chi connectivity index (χ1v) is 10.0. The van der Waals surface area contributed by atoms with Crippen molar-refractivity contribution in [2.24, 2.45) is 0 Å². The average molecular weight is 512 g/mol. The lowest BCUT2D eigenvalue weighted by Crippen LogP contribution is -2.53. The van der Waals surface area contributed by atoms with Gasteiger partial charge in [0.1, 0.15) is 17.9 Å². The Kier molecular flexibility index (Phi) is 8.56. The van der Waals surface area contributed by atoms with Crippen molar-refractivity contribution < 1.29 is 23.5 Å². The highest BCUT2D eigenvalue weighted by atomic mass is 127. The van der Waals surface area contributed by atoms with Crippen molar-refractivity contribution in [2.75, 3.05) is 7.11 Å². The Morgan fingerprint density at radius 1 is 1.03 bits per heavy atom. The number of hydrogen-bond acceptors (Lipinski definition) is 4. The molecule has 0 saturated carbocycles. The molecule has 0 bridgehead atoms. The molecule has 0 unspecified atom stereocenters. The SMILES string of the molecule is COC(=O)[C@@H](Cc1ccccc1I)NC(=O)[C@@H](Cc1cccc(F)c1)NC(C)=O. The summed E-state index contributed by atoms with van der Waals surface area (Å²) in [5.41, 5.74) is 1.43. The Balaban J connectivity index is 2.19. The quantitative estimate of drug-likeness (QED) is 0.421. The summed E-state index contributed by atoms with van der Waals surface area (Å²) in [6.45, 7) is 1.29. The predicted molar refractivity (Wildman–Crippen MR) is 115 cm³/mol. The molecule has 2 aromatic rings. The lowest BCUT2D eigenvalue weighted by Gasteiger charge is -2.22. The normalized spacial score (nSPS) is 12.6. The van der Waals surface area contributed by atoms with Crippen LogP contribution in [0.5, 0.6) is 0 Å². The fraction of sp³-hybridized carbons (Fsp3) is 0.286. The smallest absolute Gasteiger partial charge is 0.328 e. The molecule has 154 valence electrons. The molecule has 2 rings (SSSR count). The number of hydrogen-bond donors (Lipinski definition) is 2. The van der Waals surface area contributed by atoms with Gasteiger partial charge in [0, 0.05) is 23.3 Å². The fourth-order valence-electron chi connectivity index (χ4n) is 2.85. The van der Waals surface area contributed by atoms with Crippen LogP contribution in [0.3, 0.4) is 0 Å². The van der Waals surface area contributed by atoms with Gasteiger partial charge in [-0.1, -0.05) is 30.3 Å². The second-order valence-electron chi connectivity index (χ2n) is 6.47. The van der Waals surface area contributed by atoms with E-state index in [0.29, 0.717) is 5.56 Å². The number of methoxy groups -OCH3 is 1. The van der Waals surface area contributed by atoms with Crippen LogP contribution in [0, 0.1) is 9.39 Å². The summed E-state index contributed by atoms with van der Waals surface area (Å²) in [5, 5.41) is 5.22. The van der Waals surface area contributed by atoms with Gasteiger partial charge in [-0.15, -0.1) is 0 Å². The minimum absolute atomic E-state index is 0.0833. The zero-order valence-electron chi connectivity index (χ0n) is 16.1. The van der Waals surface area contributed by atoms with Crippen molar-refractivity contribution in [3.63, 3.8) is 0 Å². The molecule has 6 nitrogen and oxygen atoms in total. The number of esters is 1. The molecule has 2 N–H and O–H groups in total. The third kappa shape index (κ3) is 7.12. The van der Waals surface area contributed by atoms with Gasteiger partial charge in [0.2, 0.25) is 11.8 Å². The van der Waals surface area contributed by atoms with Gasteiger partial charge in [0.15, 0.2) is 0 Å². The second-order valence-corrected chi connectivity index (χ2v) is 7.63. The molecule has 2 amide bonds. The number of carbonyl (C=O) groups excluding carboxylic acids is 3. The zero-order chi connectivity index (χ0) is 21.4. The monoisotopic (exact) mass is 512 g/mol. The van der Waals surface area contributed by atoms with Gasteiger partial charge in [0.05, 0.1) is 7.11 Å². The molecule has 0 heterocycles. The van der Waals surface area contributed by atoms with Gasteiger partial charge in [-0.2, -0.15) is 0 Å². The summed E-state index contributed by atoms with van der Waals surface area (Å²) in [6, 6.07) is 11.4. The molecule has 0 spiro atoms. The van der Waals surface area contributed by atoms with Crippen LogP contribution in [-0.4, -0.2) is 37.0 Å². The summed E-state index contributed by atoms with van der Waals surface area (Å²) in [5.74, 6) is -1.99. The minimum atomic E-state index is -0.962. The number of amides is 2. The third-order valence-electron chi connectivity index (χ3n) is 4.21. The van der Waals surface area contributed by atoms with E-state index < -0.39 is 35.7 Å². The van der Waals surface area contributed by atoms with Crippen LogP contribution in [0.2, 0.25) is 0 Å². The third-order valence-corrected chi connectivity index (χ3v) is 5.26. The van der Waals surface area contributed by atoms with Crippen LogP contribution in [0.1, 0.15) is 18.1 Å². The van der Waals surface area contributed by atoms with E-state index in [1.54, 1.807) is 6.07 Å².